The molecule has 0 spiro atoms. The fraction of sp³-hybridized carbons (Fsp3) is 0.375. The fourth-order valence-corrected chi connectivity index (χ4v) is 2.62. The molecule has 1 aromatic heterocycles. The number of ether oxygens (including phenoxy) is 1. The van der Waals surface area contributed by atoms with E-state index in [2.05, 4.69) is 26.3 Å². The zero-order chi connectivity index (χ0) is 18.7. The number of nitrogens with zero attached hydrogens (tertiary/aromatic N) is 3. The molecule has 2 aromatic rings. The third-order valence-electron chi connectivity index (χ3n) is 3.79. The zero-order valence-corrected chi connectivity index (χ0v) is 16.0. The highest BCUT2D eigenvalue weighted by molar-refractivity contribution is 9.10. The number of rotatable bonds is 6. The molecule has 9 heteroatoms. The number of aromatic nitrogens is 2. The molecule has 0 saturated heterocycles. The van der Waals surface area contributed by atoms with Gasteiger partial charge in [0.15, 0.2) is 0 Å². The molecule has 25 heavy (non-hydrogen) atoms. The van der Waals surface area contributed by atoms with Gasteiger partial charge in [-0.2, -0.15) is 5.10 Å². The summed E-state index contributed by atoms with van der Waals surface area (Å²) in [7, 11) is 1.41. The smallest absolute Gasteiger partial charge is 0.275 e. The Morgan fingerprint density at radius 1 is 1.44 bits per heavy atom. The number of hydrogen-bond donors (Lipinski definition) is 1. The maximum atomic E-state index is 12.4. The lowest BCUT2D eigenvalue weighted by molar-refractivity contribution is -0.384. The molecule has 0 aliphatic carbocycles. The highest BCUT2D eigenvalue weighted by atomic mass is 79.9. The largest absolute Gasteiger partial charge is 0.496 e. The molecule has 8 nitrogen and oxygen atoms in total. The Balaban J connectivity index is 2.14. The molecule has 1 unspecified atom stereocenters. The number of non-ortho nitro benzene ring substituents is 1. The number of carbonyl (C=O) groups is 1. The van der Waals surface area contributed by atoms with Crippen LogP contribution >= 0.6 is 15.9 Å². The minimum atomic E-state index is -0.533. The minimum absolute atomic E-state index is 0.148. The summed E-state index contributed by atoms with van der Waals surface area (Å²) in [5, 5.41) is 18.1. The number of anilines is 1. The number of benzene rings is 1. The molecule has 1 atom stereocenters. The Hall–Kier alpha value is -2.42. The van der Waals surface area contributed by atoms with Gasteiger partial charge in [0.2, 0.25) is 5.91 Å². The Morgan fingerprint density at radius 3 is 2.64 bits per heavy atom. The van der Waals surface area contributed by atoms with Crippen LogP contribution in [0.25, 0.3) is 0 Å². The molecule has 0 bridgehead atoms. The van der Waals surface area contributed by atoms with Crippen molar-refractivity contribution < 1.29 is 14.5 Å². The number of nitro benzene ring substituents is 1. The van der Waals surface area contributed by atoms with Crippen LogP contribution in [0.3, 0.4) is 0 Å². The number of amides is 1. The lowest BCUT2D eigenvalue weighted by atomic mass is 10.1. The quantitative estimate of drug-likeness (QED) is 0.580. The van der Waals surface area contributed by atoms with Crippen LogP contribution in [-0.2, 0) is 11.3 Å². The molecule has 1 heterocycles. The number of methoxy groups -OCH3 is 1. The van der Waals surface area contributed by atoms with E-state index in [0.717, 1.165) is 15.9 Å². The van der Waals surface area contributed by atoms with Crippen LogP contribution in [0.15, 0.2) is 22.7 Å². The van der Waals surface area contributed by atoms with E-state index in [-0.39, 0.29) is 17.5 Å². The second-order valence-electron chi connectivity index (χ2n) is 5.73. The first-order chi connectivity index (χ1) is 11.7. The first-order valence-corrected chi connectivity index (χ1v) is 8.36. The lowest BCUT2D eigenvalue weighted by Gasteiger charge is -2.14. The standard InChI is InChI=1S/C16H19BrN4O4/c1-9(8-20-11(3)15(17)10(2)19-20)16(22)18-12-5-13(21(23)24)7-14(6-12)25-4/h5-7,9H,8H2,1-4H3,(H,18,22). The maximum absolute atomic E-state index is 12.4. The van der Waals surface area contributed by atoms with E-state index in [1.54, 1.807) is 11.6 Å². The normalized spacial score (nSPS) is 11.9. The molecular formula is C16H19BrN4O4. The number of carbonyl (C=O) groups excluding carboxylic acids is 1. The molecule has 0 fully saturated rings. The van der Waals surface area contributed by atoms with Crippen LogP contribution in [0.2, 0.25) is 0 Å². The summed E-state index contributed by atoms with van der Waals surface area (Å²) in [6.07, 6.45) is 0. The summed E-state index contributed by atoms with van der Waals surface area (Å²) in [4.78, 5) is 22.9. The van der Waals surface area contributed by atoms with Gasteiger partial charge in [0, 0.05) is 17.8 Å². The topological polar surface area (TPSA) is 99.3 Å². The summed E-state index contributed by atoms with van der Waals surface area (Å²) in [5.41, 5.74) is 1.96. The Bertz CT molecular complexity index is 819. The molecule has 0 aliphatic rings. The minimum Gasteiger partial charge on any atom is -0.496 e. The van der Waals surface area contributed by atoms with Crippen molar-refractivity contribution in [3.63, 3.8) is 0 Å². The first-order valence-electron chi connectivity index (χ1n) is 7.56. The number of aryl methyl sites for hydroxylation is 1. The van der Waals surface area contributed by atoms with E-state index in [1.165, 1.54) is 25.3 Å². The first kappa shape index (κ1) is 18.9. The molecule has 1 amide bonds. The lowest BCUT2D eigenvalue weighted by Crippen LogP contribution is -2.25. The van der Waals surface area contributed by atoms with Gasteiger partial charge in [-0.1, -0.05) is 6.92 Å². The van der Waals surface area contributed by atoms with E-state index >= 15 is 0 Å². The molecule has 1 aromatic carbocycles. The van der Waals surface area contributed by atoms with Crippen molar-refractivity contribution in [2.75, 3.05) is 12.4 Å². The molecule has 1 N–H and O–H groups in total. The van der Waals surface area contributed by atoms with Crippen molar-refractivity contribution in [3.8, 4) is 5.75 Å². The number of nitrogens with one attached hydrogen (secondary N) is 1. The van der Waals surface area contributed by atoms with Crippen LogP contribution in [0.1, 0.15) is 18.3 Å². The van der Waals surface area contributed by atoms with Crippen LogP contribution in [0, 0.1) is 29.9 Å². The van der Waals surface area contributed by atoms with Gasteiger partial charge in [0.05, 0.1) is 46.4 Å². The molecule has 0 aliphatic heterocycles. The highest BCUT2D eigenvalue weighted by Crippen LogP contribution is 2.26. The van der Waals surface area contributed by atoms with Crippen LogP contribution in [0.4, 0.5) is 11.4 Å². The molecular weight excluding hydrogens is 392 g/mol. The van der Waals surface area contributed by atoms with Crippen LogP contribution in [0.5, 0.6) is 5.75 Å². The Labute approximate surface area is 153 Å². The summed E-state index contributed by atoms with van der Waals surface area (Å²) in [6.45, 7) is 5.97. The second kappa shape index (κ2) is 7.64. The maximum Gasteiger partial charge on any atom is 0.275 e. The molecule has 0 saturated carbocycles. The average molecular weight is 411 g/mol. The third kappa shape index (κ3) is 4.36. The number of hydrogen-bond acceptors (Lipinski definition) is 5. The van der Waals surface area contributed by atoms with E-state index < -0.39 is 4.92 Å². The van der Waals surface area contributed by atoms with Crippen molar-refractivity contribution >= 4 is 33.2 Å². The summed E-state index contributed by atoms with van der Waals surface area (Å²) in [6, 6.07) is 4.14. The zero-order valence-electron chi connectivity index (χ0n) is 14.4. The van der Waals surface area contributed by atoms with Crippen molar-refractivity contribution in [1.29, 1.82) is 0 Å². The Morgan fingerprint density at radius 2 is 2.12 bits per heavy atom. The Kier molecular flexibility index (Phi) is 5.78. The molecule has 0 radical (unpaired) electrons. The van der Waals surface area contributed by atoms with Crippen LogP contribution < -0.4 is 10.1 Å². The summed E-state index contributed by atoms with van der Waals surface area (Å²) in [5.74, 6) is -0.332. The third-order valence-corrected chi connectivity index (χ3v) is 4.94. The van der Waals surface area contributed by atoms with Crippen molar-refractivity contribution in [2.45, 2.75) is 27.3 Å². The molecule has 2 rings (SSSR count). The van der Waals surface area contributed by atoms with Crippen molar-refractivity contribution in [1.82, 2.24) is 9.78 Å². The number of nitro groups is 1. The second-order valence-corrected chi connectivity index (χ2v) is 6.53. The van der Waals surface area contributed by atoms with Gasteiger partial charge in [0.25, 0.3) is 5.69 Å². The SMILES string of the molecule is COc1cc(NC(=O)C(C)Cn2nc(C)c(Br)c2C)cc([N+](=O)[O-])c1. The van der Waals surface area contributed by atoms with E-state index in [0.29, 0.717) is 18.0 Å². The van der Waals surface area contributed by atoms with Gasteiger partial charge in [-0.15, -0.1) is 0 Å². The van der Waals surface area contributed by atoms with E-state index in [1.807, 2.05) is 13.8 Å². The van der Waals surface area contributed by atoms with Gasteiger partial charge in [0.1, 0.15) is 5.75 Å². The van der Waals surface area contributed by atoms with Gasteiger partial charge >= 0.3 is 0 Å². The van der Waals surface area contributed by atoms with Crippen molar-refractivity contribution in [3.05, 3.63) is 44.2 Å². The summed E-state index contributed by atoms with van der Waals surface area (Å²) < 4.78 is 7.72. The fourth-order valence-electron chi connectivity index (χ4n) is 2.34. The van der Waals surface area contributed by atoms with Gasteiger partial charge in [-0.3, -0.25) is 19.6 Å². The molecule has 134 valence electrons. The van der Waals surface area contributed by atoms with Crippen molar-refractivity contribution in [2.24, 2.45) is 5.92 Å². The predicted octanol–water partition coefficient (Wildman–Crippen LogP) is 3.45. The average Bonchev–Trinajstić information content (AvgIpc) is 2.81. The summed E-state index contributed by atoms with van der Waals surface area (Å²) >= 11 is 3.46. The van der Waals surface area contributed by atoms with E-state index in [9.17, 15) is 14.9 Å². The van der Waals surface area contributed by atoms with Gasteiger partial charge in [-0.05, 0) is 29.8 Å². The number of halogens is 1. The van der Waals surface area contributed by atoms with Gasteiger partial charge < -0.3 is 10.1 Å². The monoisotopic (exact) mass is 410 g/mol. The van der Waals surface area contributed by atoms with Crippen LogP contribution in [-0.4, -0.2) is 27.7 Å². The van der Waals surface area contributed by atoms with E-state index in [4.69, 9.17) is 4.74 Å². The highest BCUT2D eigenvalue weighted by Gasteiger charge is 2.19. The predicted molar refractivity (Wildman–Crippen MR) is 96.8 cm³/mol. The van der Waals surface area contributed by atoms with Gasteiger partial charge in [-0.25, -0.2) is 0 Å².